The van der Waals surface area contributed by atoms with Crippen molar-refractivity contribution >= 4 is 23.5 Å². The summed E-state index contributed by atoms with van der Waals surface area (Å²) in [7, 11) is 0. The van der Waals surface area contributed by atoms with Gasteiger partial charge in [0, 0.05) is 37.9 Å². The number of nitrogens with zero attached hydrogens (tertiary/aromatic N) is 1. The molecule has 2 aliphatic rings. The van der Waals surface area contributed by atoms with Gasteiger partial charge in [0.25, 0.3) is 0 Å². The molecule has 0 aliphatic carbocycles. The van der Waals surface area contributed by atoms with Crippen molar-refractivity contribution in [2.45, 2.75) is 63.8 Å². The molecule has 0 N–H and O–H groups in total. The smallest absolute Gasteiger partial charge is 0.410 e. The first-order chi connectivity index (χ1) is 15.1. The minimum atomic E-state index is -1.85. The van der Waals surface area contributed by atoms with Gasteiger partial charge in [-0.25, -0.2) is 13.6 Å². The molecule has 3 rings (SSSR count). The average Bonchev–Trinajstić information content (AvgIpc) is 3.24. The van der Waals surface area contributed by atoms with Gasteiger partial charge >= 0.3 is 11.3 Å². The summed E-state index contributed by atoms with van der Waals surface area (Å²) in [5, 5.41) is -0.257. The first kappa shape index (κ1) is 24.6. The molecular formula is C23H31F2NO5S. The second-order valence-corrected chi connectivity index (χ2v) is 9.57. The molecule has 2 aliphatic heterocycles. The lowest BCUT2D eigenvalue weighted by atomic mass is 9.78. The predicted octanol–water partition coefficient (Wildman–Crippen LogP) is 5.04. The van der Waals surface area contributed by atoms with Gasteiger partial charge in [0.15, 0.2) is 5.67 Å². The zero-order chi connectivity index (χ0) is 23.4. The molecule has 2 atom stereocenters. The maximum atomic E-state index is 16.8. The molecule has 1 aromatic rings. The summed E-state index contributed by atoms with van der Waals surface area (Å²) in [5.41, 5.74) is -2.53. The summed E-state index contributed by atoms with van der Waals surface area (Å²) in [5.74, 6) is -0.476. The first-order valence-corrected chi connectivity index (χ1v) is 11.4. The van der Waals surface area contributed by atoms with Crippen LogP contribution in [0.3, 0.4) is 0 Å². The van der Waals surface area contributed by atoms with Gasteiger partial charge in [0.05, 0.1) is 6.04 Å². The molecule has 0 spiro atoms. The van der Waals surface area contributed by atoms with E-state index in [0.717, 1.165) is 0 Å². The molecule has 1 aromatic carbocycles. The fraction of sp³-hybridized carbons (Fsp3) is 0.652. The van der Waals surface area contributed by atoms with Crippen molar-refractivity contribution < 1.29 is 32.5 Å². The zero-order valence-corrected chi connectivity index (χ0v) is 19.6. The Balaban J connectivity index is 1.74. The third-order valence-corrected chi connectivity index (χ3v) is 5.96. The van der Waals surface area contributed by atoms with E-state index in [1.165, 1.54) is 29.2 Å². The van der Waals surface area contributed by atoms with E-state index in [2.05, 4.69) is 0 Å². The van der Waals surface area contributed by atoms with Crippen LogP contribution in [0.4, 0.5) is 13.6 Å². The summed E-state index contributed by atoms with van der Waals surface area (Å²) in [6.45, 7) is 6.31. The van der Waals surface area contributed by atoms with Gasteiger partial charge in [0.1, 0.15) is 23.8 Å². The molecule has 9 heteroatoms. The van der Waals surface area contributed by atoms with Crippen molar-refractivity contribution in [1.82, 2.24) is 4.90 Å². The molecule has 0 radical (unpaired) electrons. The normalized spacial score (nSPS) is 21.7. The number of thiocarbonyl (C=S) groups is 1. The number of rotatable bonds is 5. The van der Waals surface area contributed by atoms with Crippen LogP contribution in [0.5, 0.6) is 5.75 Å². The van der Waals surface area contributed by atoms with Crippen molar-refractivity contribution in [1.29, 1.82) is 0 Å². The number of hydrogen-bond donors (Lipinski definition) is 0. The van der Waals surface area contributed by atoms with Gasteiger partial charge in [-0.1, -0.05) is 0 Å². The first-order valence-electron chi connectivity index (χ1n) is 10.9. The average molecular weight is 472 g/mol. The van der Waals surface area contributed by atoms with Gasteiger partial charge in [-0.2, -0.15) is 0 Å². The number of benzene rings is 1. The van der Waals surface area contributed by atoms with Gasteiger partial charge in [-0.15, -0.1) is 0 Å². The number of amides is 1. The van der Waals surface area contributed by atoms with Gasteiger partial charge in [-0.3, -0.25) is 0 Å². The lowest BCUT2D eigenvalue weighted by Gasteiger charge is -2.43. The van der Waals surface area contributed by atoms with Crippen molar-refractivity contribution in [3.8, 4) is 5.75 Å². The van der Waals surface area contributed by atoms with Crippen molar-refractivity contribution in [3.05, 3.63) is 30.1 Å². The van der Waals surface area contributed by atoms with Crippen LogP contribution in [0.2, 0.25) is 0 Å². The minimum Gasteiger partial charge on any atom is -0.453 e. The van der Waals surface area contributed by atoms with Crippen molar-refractivity contribution in [2.24, 2.45) is 5.92 Å². The second-order valence-electron chi connectivity index (χ2n) is 9.24. The van der Waals surface area contributed by atoms with E-state index >= 15 is 4.39 Å². The maximum Gasteiger partial charge on any atom is 0.410 e. The van der Waals surface area contributed by atoms with Gasteiger partial charge < -0.3 is 23.8 Å². The number of halogens is 2. The molecule has 2 heterocycles. The third-order valence-electron chi connectivity index (χ3n) is 5.76. The molecule has 178 valence electrons. The topological polar surface area (TPSA) is 57.2 Å². The largest absolute Gasteiger partial charge is 0.453 e. The summed E-state index contributed by atoms with van der Waals surface area (Å²) in [4.78, 5) is 14.3. The quantitative estimate of drug-likeness (QED) is 0.561. The number of alkyl halides is 1. The fourth-order valence-corrected chi connectivity index (χ4v) is 4.42. The van der Waals surface area contributed by atoms with E-state index in [9.17, 15) is 9.18 Å². The SMILES string of the molecule is CC(C)(C)OC(=O)N1CCC[C@@H]1[C@](F)(COC(=S)Oc1ccc(F)cc1)C1CCOCC1. The lowest BCUT2D eigenvalue weighted by Crippen LogP contribution is -2.57. The van der Waals surface area contributed by atoms with Crippen LogP contribution in [0.1, 0.15) is 46.5 Å². The zero-order valence-electron chi connectivity index (χ0n) is 18.8. The summed E-state index contributed by atoms with van der Waals surface area (Å²) < 4.78 is 51.8. The molecule has 32 heavy (non-hydrogen) atoms. The standard InChI is InChI=1S/C23H31F2NO5S/c1-22(2,3)31-20(27)26-12-4-5-19(26)23(25,16-10-13-28-14-11-16)15-29-21(32)30-18-8-6-17(24)7-9-18/h6-9,16,19H,4-5,10-15H2,1-3H3/t19-,23+/m1/s1. The number of carbonyl (C=O) groups is 1. The molecule has 2 saturated heterocycles. The molecule has 1 amide bonds. The van der Waals surface area contributed by atoms with Crippen LogP contribution in [0.25, 0.3) is 0 Å². The summed E-state index contributed by atoms with van der Waals surface area (Å²) >= 11 is 5.13. The van der Waals surface area contributed by atoms with Crippen LogP contribution in [0, 0.1) is 11.7 Å². The highest BCUT2D eigenvalue weighted by molar-refractivity contribution is 7.79. The van der Waals surface area contributed by atoms with Gasteiger partial charge in [-0.05, 0) is 70.7 Å². The van der Waals surface area contributed by atoms with Crippen LogP contribution in [-0.2, 0) is 14.2 Å². The number of carbonyl (C=O) groups excluding carboxylic acids is 1. The van der Waals surface area contributed by atoms with Crippen LogP contribution < -0.4 is 4.74 Å². The van der Waals surface area contributed by atoms with Crippen molar-refractivity contribution in [2.75, 3.05) is 26.4 Å². The molecule has 2 fully saturated rings. The van der Waals surface area contributed by atoms with Crippen LogP contribution >= 0.6 is 12.2 Å². The van der Waals surface area contributed by atoms with E-state index in [1.54, 1.807) is 20.8 Å². The number of ether oxygens (including phenoxy) is 4. The highest BCUT2D eigenvalue weighted by atomic mass is 32.1. The Morgan fingerprint density at radius 2 is 1.84 bits per heavy atom. The van der Waals surface area contributed by atoms with Crippen LogP contribution in [0.15, 0.2) is 24.3 Å². The second kappa shape index (κ2) is 10.3. The Morgan fingerprint density at radius 3 is 2.47 bits per heavy atom. The lowest BCUT2D eigenvalue weighted by molar-refractivity contribution is -0.0812. The highest BCUT2D eigenvalue weighted by Gasteiger charge is 2.53. The molecule has 0 unspecified atom stereocenters. The number of likely N-dealkylation sites (tertiary alicyclic amines) is 1. The third kappa shape index (κ3) is 6.28. The van der Waals surface area contributed by atoms with E-state index in [4.69, 9.17) is 31.2 Å². The summed E-state index contributed by atoms with van der Waals surface area (Å²) in [6, 6.07) is 4.59. The van der Waals surface area contributed by atoms with E-state index in [1.807, 2.05) is 0 Å². The van der Waals surface area contributed by atoms with E-state index < -0.39 is 29.2 Å². The summed E-state index contributed by atoms with van der Waals surface area (Å²) in [6.07, 6.45) is 1.69. The molecule has 0 bridgehead atoms. The predicted molar refractivity (Wildman–Crippen MR) is 119 cm³/mol. The number of hydrogen-bond acceptors (Lipinski definition) is 6. The highest BCUT2D eigenvalue weighted by Crippen LogP contribution is 2.41. The van der Waals surface area contributed by atoms with Crippen LogP contribution in [-0.4, -0.2) is 59.9 Å². The van der Waals surface area contributed by atoms with Crippen molar-refractivity contribution in [3.63, 3.8) is 0 Å². The minimum absolute atomic E-state index is 0.257. The monoisotopic (exact) mass is 471 g/mol. The Labute approximate surface area is 193 Å². The maximum absolute atomic E-state index is 16.8. The molecular weight excluding hydrogens is 440 g/mol. The Hall–Kier alpha value is -2.00. The van der Waals surface area contributed by atoms with E-state index in [0.29, 0.717) is 51.2 Å². The Kier molecular flexibility index (Phi) is 7.92. The molecule has 0 saturated carbocycles. The Bertz CT molecular complexity index is 795. The van der Waals surface area contributed by atoms with E-state index in [-0.39, 0.29) is 17.8 Å². The molecule has 6 nitrogen and oxygen atoms in total. The Morgan fingerprint density at radius 1 is 1.19 bits per heavy atom. The van der Waals surface area contributed by atoms with Gasteiger partial charge in [0.2, 0.25) is 0 Å². The fourth-order valence-electron chi connectivity index (χ4n) is 4.27. The molecule has 0 aromatic heterocycles.